The van der Waals surface area contributed by atoms with E-state index in [1.54, 1.807) is 12.1 Å². The summed E-state index contributed by atoms with van der Waals surface area (Å²) in [4.78, 5) is 19.4. The normalized spacial score (nSPS) is 10.6. The number of anilines is 2. The zero-order valence-corrected chi connectivity index (χ0v) is 16.9. The molecule has 0 unspecified atom stereocenters. The van der Waals surface area contributed by atoms with Gasteiger partial charge in [-0.15, -0.1) is 0 Å². The van der Waals surface area contributed by atoms with Gasteiger partial charge in [0.1, 0.15) is 11.6 Å². The number of rotatable bonds is 4. The summed E-state index contributed by atoms with van der Waals surface area (Å²) in [7, 11) is 3.87. The maximum atomic E-state index is 12.8. The van der Waals surface area contributed by atoms with Crippen molar-refractivity contribution in [1.82, 2.24) is 14.8 Å². The van der Waals surface area contributed by atoms with Crippen LogP contribution >= 0.6 is 0 Å². The molecule has 0 bridgehead atoms. The number of carbonyl (C=O) groups excluding carboxylic acids is 1. The minimum absolute atomic E-state index is 0.265. The Morgan fingerprint density at radius 2 is 1.87 bits per heavy atom. The Morgan fingerprint density at radius 3 is 2.57 bits per heavy atom. The summed E-state index contributed by atoms with van der Waals surface area (Å²) < 4.78 is 1.49. The number of pyridine rings is 1. The maximum absolute atomic E-state index is 12.8. The van der Waals surface area contributed by atoms with Gasteiger partial charge in [-0.25, -0.2) is 4.98 Å². The van der Waals surface area contributed by atoms with Crippen LogP contribution in [0.5, 0.6) is 0 Å². The zero-order chi connectivity index (χ0) is 21.3. The lowest BCUT2D eigenvalue weighted by Gasteiger charge is -2.13. The van der Waals surface area contributed by atoms with E-state index in [9.17, 15) is 10.1 Å². The van der Waals surface area contributed by atoms with Crippen LogP contribution in [-0.2, 0) is 0 Å². The molecule has 1 N–H and O–H groups in total. The minimum Gasteiger partial charge on any atom is -0.378 e. The van der Waals surface area contributed by atoms with Crippen LogP contribution in [0, 0.1) is 18.3 Å². The van der Waals surface area contributed by atoms with Crippen molar-refractivity contribution in [3.63, 3.8) is 0 Å². The highest BCUT2D eigenvalue weighted by molar-refractivity contribution is 6.04. The van der Waals surface area contributed by atoms with Crippen LogP contribution in [0.25, 0.3) is 16.7 Å². The Morgan fingerprint density at radius 1 is 1.13 bits per heavy atom. The Hall–Kier alpha value is -4.18. The number of fused-ring (bicyclic) bond motifs is 1. The summed E-state index contributed by atoms with van der Waals surface area (Å²) in [6.45, 7) is 1.99. The fourth-order valence-electron chi connectivity index (χ4n) is 3.26. The van der Waals surface area contributed by atoms with Gasteiger partial charge in [0.15, 0.2) is 11.6 Å². The van der Waals surface area contributed by atoms with E-state index in [1.807, 2.05) is 68.4 Å². The molecule has 30 heavy (non-hydrogen) atoms. The van der Waals surface area contributed by atoms with Gasteiger partial charge in [0.25, 0.3) is 5.91 Å². The van der Waals surface area contributed by atoms with Crippen LogP contribution in [0.1, 0.15) is 21.5 Å². The molecule has 4 aromatic rings. The lowest BCUT2D eigenvalue weighted by molar-refractivity contribution is 0.102. The molecule has 4 rings (SSSR count). The van der Waals surface area contributed by atoms with Crippen LogP contribution in [0.2, 0.25) is 0 Å². The topological polar surface area (TPSA) is 86.8 Å². The smallest absolute Gasteiger partial charge is 0.256 e. The average molecular weight is 396 g/mol. The number of aryl methyl sites for hydroxylation is 1. The number of para-hydroxylation sites is 1. The van der Waals surface area contributed by atoms with E-state index in [4.69, 9.17) is 0 Å². The van der Waals surface area contributed by atoms with Crippen molar-refractivity contribution >= 4 is 28.3 Å². The monoisotopic (exact) mass is 396 g/mol. The minimum atomic E-state index is -0.323. The van der Waals surface area contributed by atoms with Gasteiger partial charge < -0.3 is 10.2 Å². The largest absolute Gasteiger partial charge is 0.378 e. The average Bonchev–Trinajstić information content (AvgIpc) is 3.16. The van der Waals surface area contributed by atoms with Gasteiger partial charge in [-0.2, -0.15) is 15.0 Å². The van der Waals surface area contributed by atoms with E-state index in [0.29, 0.717) is 17.2 Å². The Bertz CT molecular complexity index is 1280. The van der Waals surface area contributed by atoms with Gasteiger partial charge in [-0.1, -0.05) is 18.2 Å². The van der Waals surface area contributed by atoms with Gasteiger partial charge in [0.2, 0.25) is 0 Å². The summed E-state index contributed by atoms with van der Waals surface area (Å²) in [5.74, 6) is 0.503. The number of amides is 1. The van der Waals surface area contributed by atoms with E-state index in [0.717, 1.165) is 22.2 Å². The molecule has 2 aromatic heterocycles. The van der Waals surface area contributed by atoms with E-state index >= 15 is 0 Å². The molecule has 2 heterocycles. The van der Waals surface area contributed by atoms with Gasteiger partial charge in [0.05, 0.1) is 11.7 Å². The second kappa shape index (κ2) is 7.68. The number of benzene rings is 2. The Kier molecular flexibility index (Phi) is 4.90. The molecule has 0 saturated carbocycles. The summed E-state index contributed by atoms with van der Waals surface area (Å²) in [5.41, 5.74) is 3.59. The van der Waals surface area contributed by atoms with Crippen LogP contribution in [0.4, 0.5) is 11.5 Å². The van der Waals surface area contributed by atoms with Crippen LogP contribution in [0.15, 0.2) is 60.8 Å². The van der Waals surface area contributed by atoms with E-state index in [1.165, 1.54) is 10.9 Å². The standard InChI is InChI=1S/C23H20N6O/c1-15-12-21(26-20-7-5-4-6-19(15)20)29-22(17(13-24)14-25-29)27-23(30)16-8-10-18(11-9-16)28(2)3/h4-12,14H,1-3H3,(H,27,30). The highest BCUT2D eigenvalue weighted by Crippen LogP contribution is 2.24. The number of nitriles is 1. The molecule has 7 heteroatoms. The first-order valence-corrected chi connectivity index (χ1v) is 9.41. The molecular weight excluding hydrogens is 376 g/mol. The number of carbonyl (C=O) groups is 1. The number of aromatic nitrogens is 3. The predicted molar refractivity (Wildman–Crippen MR) is 117 cm³/mol. The molecule has 1 amide bonds. The fourth-order valence-corrected chi connectivity index (χ4v) is 3.26. The molecule has 0 saturated heterocycles. The second-order valence-electron chi connectivity index (χ2n) is 7.14. The lowest BCUT2D eigenvalue weighted by Crippen LogP contribution is -2.17. The van der Waals surface area contributed by atoms with E-state index in [-0.39, 0.29) is 11.5 Å². The lowest BCUT2D eigenvalue weighted by atomic mass is 10.1. The molecular formula is C23H20N6O. The van der Waals surface area contributed by atoms with E-state index in [2.05, 4.69) is 21.5 Å². The van der Waals surface area contributed by atoms with Crippen molar-refractivity contribution in [1.29, 1.82) is 5.26 Å². The summed E-state index contributed by atoms with van der Waals surface area (Å²) in [6, 6.07) is 19.0. The number of hydrogen-bond acceptors (Lipinski definition) is 5. The van der Waals surface area contributed by atoms with Crippen LogP contribution in [0.3, 0.4) is 0 Å². The SMILES string of the molecule is Cc1cc(-n2ncc(C#N)c2NC(=O)c2ccc(N(C)C)cc2)nc2ccccc12. The molecule has 0 aliphatic carbocycles. The van der Waals surface area contributed by atoms with Gasteiger partial charge in [0, 0.05) is 30.7 Å². The molecule has 0 aliphatic heterocycles. The second-order valence-corrected chi connectivity index (χ2v) is 7.14. The van der Waals surface area contributed by atoms with Gasteiger partial charge in [-0.05, 0) is 48.9 Å². The highest BCUT2D eigenvalue weighted by Gasteiger charge is 2.18. The molecule has 0 aliphatic rings. The van der Waals surface area contributed by atoms with Crippen molar-refractivity contribution in [2.45, 2.75) is 6.92 Å². The van der Waals surface area contributed by atoms with Crippen LogP contribution in [-0.4, -0.2) is 34.8 Å². The number of nitrogens with one attached hydrogen (secondary N) is 1. The first-order chi connectivity index (χ1) is 14.5. The summed E-state index contributed by atoms with van der Waals surface area (Å²) in [6.07, 6.45) is 1.43. The van der Waals surface area contributed by atoms with Gasteiger partial charge in [-0.3, -0.25) is 4.79 Å². The fraction of sp³-hybridized carbons (Fsp3) is 0.130. The zero-order valence-electron chi connectivity index (χ0n) is 16.9. The summed E-state index contributed by atoms with van der Waals surface area (Å²) in [5, 5.41) is 17.7. The first kappa shape index (κ1) is 19.2. The summed E-state index contributed by atoms with van der Waals surface area (Å²) >= 11 is 0. The number of hydrogen-bond donors (Lipinski definition) is 1. The third-order valence-corrected chi connectivity index (χ3v) is 4.89. The molecule has 148 valence electrons. The van der Waals surface area contributed by atoms with Crippen molar-refractivity contribution in [2.24, 2.45) is 0 Å². The predicted octanol–water partition coefficient (Wildman–Crippen LogP) is 3.92. The Balaban J connectivity index is 1.72. The number of nitrogens with zero attached hydrogens (tertiary/aromatic N) is 5. The quantitative estimate of drug-likeness (QED) is 0.565. The van der Waals surface area contributed by atoms with Crippen molar-refractivity contribution < 1.29 is 4.79 Å². The molecule has 2 aromatic carbocycles. The van der Waals surface area contributed by atoms with Crippen molar-refractivity contribution in [3.05, 3.63) is 77.5 Å². The Labute approximate surface area is 174 Å². The highest BCUT2D eigenvalue weighted by atomic mass is 16.1. The first-order valence-electron chi connectivity index (χ1n) is 9.41. The molecule has 0 radical (unpaired) electrons. The van der Waals surface area contributed by atoms with Crippen molar-refractivity contribution in [3.8, 4) is 11.9 Å². The molecule has 7 nitrogen and oxygen atoms in total. The third kappa shape index (κ3) is 3.47. The molecule has 0 fully saturated rings. The van der Waals surface area contributed by atoms with Crippen molar-refractivity contribution in [2.75, 3.05) is 24.3 Å². The maximum Gasteiger partial charge on any atom is 0.256 e. The molecule has 0 spiro atoms. The third-order valence-electron chi connectivity index (χ3n) is 4.89. The van der Waals surface area contributed by atoms with Crippen LogP contribution < -0.4 is 10.2 Å². The van der Waals surface area contributed by atoms with E-state index < -0.39 is 0 Å². The molecule has 0 atom stereocenters. The van der Waals surface area contributed by atoms with Gasteiger partial charge >= 0.3 is 0 Å².